The van der Waals surface area contributed by atoms with Crippen molar-refractivity contribution in [3.63, 3.8) is 0 Å². The van der Waals surface area contributed by atoms with Gasteiger partial charge in [-0.2, -0.15) is 0 Å². The molecule has 126 valence electrons. The summed E-state index contributed by atoms with van der Waals surface area (Å²) in [5.41, 5.74) is 1.99. The van der Waals surface area contributed by atoms with Gasteiger partial charge in [-0.05, 0) is 36.1 Å². The minimum absolute atomic E-state index is 0.0770. The van der Waals surface area contributed by atoms with Gasteiger partial charge in [-0.25, -0.2) is 0 Å². The largest absolute Gasteiger partial charge is 0.493 e. The Morgan fingerprint density at radius 3 is 2.84 bits per heavy atom. The van der Waals surface area contributed by atoms with Gasteiger partial charge in [-0.15, -0.1) is 10.2 Å². The van der Waals surface area contributed by atoms with E-state index in [1.54, 1.807) is 10.9 Å². The molecule has 0 saturated heterocycles. The summed E-state index contributed by atoms with van der Waals surface area (Å²) >= 11 is 0. The number of ether oxygens (including phenoxy) is 1. The number of carbonyl (C=O) groups is 1. The molecule has 0 saturated carbocycles. The number of amides is 1. The summed E-state index contributed by atoms with van der Waals surface area (Å²) in [6.45, 7) is 0.634. The Morgan fingerprint density at radius 1 is 1.16 bits per heavy atom. The van der Waals surface area contributed by atoms with Crippen LogP contribution in [0.1, 0.15) is 24.3 Å². The number of carbonyl (C=O) groups excluding carboxylic acids is 1. The van der Waals surface area contributed by atoms with Gasteiger partial charge in [0.05, 0.1) is 12.3 Å². The highest BCUT2D eigenvalue weighted by Crippen LogP contribution is 2.35. The fourth-order valence-electron chi connectivity index (χ4n) is 3.13. The average Bonchev–Trinajstić information content (AvgIpc) is 3.11. The standard InChI is InChI=1S/C19H18N4O2/c24-18(12-14-10-11-25-17-9-5-4-8-16(14)17)21-19-22-20-13-23(19)15-6-2-1-3-7-15/h1-9,13-14H,10-12H2,(H,21,22,24). The van der Waals surface area contributed by atoms with Crippen LogP contribution in [0.3, 0.4) is 0 Å². The third kappa shape index (κ3) is 3.24. The second-order valence-electron chi connectivity index (χ2n) is 5.98. The van der Waals surface area contributed by atoms with Gasteiger partial charge < -0.3 is 4.74 Å². The van der Waals surface area contributed by atoms with Crippen LogP contribution in [0.2, 0.25) is 0 Å². The number of rotatable bonds is 4. The van der Waals surface area contributed by atoms with E-state index < -0.39 is 0 Å². The van der Waals surface area contributed by atoms with Crippen LogP contribution in [0, 0.1) is 0 Å². The number of benzene rings is 2. The van der Waals surface area contributed by atoms with Gasteiger partial charge in [0.2, 0.25) is 11.9 Å². The quantitative estimate of drug-likeness (QED) is 0.796. The Morgan fingerprint density at radius 2 is 1.96 bits per heavy atom. The Labute approximate surface area is 145 Å². The van der Waals surface area contributed by atoms with Crippen molar-refractivity contribution in [3.8, 4) is 11.4 Å². The van der Waals surface area contributed by atoms with Crippen molar-refractivity contribution < 1.29 is 9.53 Å². The number of para-hydroxylation sites is 2. The molecule has 1 aliphatic heterocycles. The lowest BCUT2D eigenvalue weighted by molar-refractivity contribution is -0.116. The number of anilines is 1. The van der Waals surface area contributed by atoms with E-state index in [9.17, 15) is 4.79 Å². The average molecular weight is 334 g/mol. The number of nitrogens with one attached hydrogen (secondary N) is 1. The van der Waals surface area contributed by atoms with E-state index >= 15 is 0 Å². The topological polar surface area (TPSA) is 69.0 Å². The Balaban J connectivity index is 1.49. The maximum absolute atomic E-state index is 12.5. The molecule has 0 fully saturated rings. The molecular weight excluding hydrogens is 316 g/mol. The SMILES string of the molecule is O=C(CC1CCOc2ccccc21)Nc1nncn1-c1ccccc1. The van der Waals surface area contributed by atoms with Crippen LogP contribution in [0.15, 0.2) is 60.9 Å². The third-order valence-electron chi connectivity index (χ3n) is 4.35. The number of hydrogen-bond donors (Lipinski definition) is 1. The van der Waals surface area contributed by atoms with Crippen LogP contribution in [-0.2, 0) is 4.79 Å². The van der Waals surface area contributed by atoms with E-state index in [1.807, 2.05) is 54.6 Å². The molecule has 0 aliphatic carbocycles. The van der Waals surface area contributed by atoms with Crippen LogP contribution in [0.4, 0.5) is 5.95 Å². The number of aromatic nitrogens is 3. The van der Waals surface area contributed by atoms with Crippen molar-refractivity contribution >= 4 is 11.9 Å². The van der Waals surface area contributed by atoms with E-state index in [0.717, 1.165) is 23.4 Å². The van der Waals surface area contributed by atoms with E-state index in [4.69, 9.17) is 4.74 Å². The first-order chi connectivity index (χ1) is 12.3. The smallest absolute Gasteiger partial charge is 0.235 e. The van der Waals surface area contributed by atoms with Gasteiger partial charge in [-0.1, -0.05) is 36.4 Å². The van der Waals surface area contributed by atoms with Gasteiger partial charge >= 0.3 is 0 Å². The highest BCUT2D eigenvalue weighted by molar-refractivity contribution is 5.90. The molecule has 1 N–H and O–H groups in total. The lowest BCUT2D eigenvalue weighted by Crippen LogP contribution is -2.22. The van der Waals surface area contributed by atoms with Gasteiger partial charge in [-0.3, -0.25) is 14.7 Å². The lowest BCUT2D eigenvalue weighted by Gasteiger charge is -2.25. The van der Waals surface area contributed by atoms with Crippen molar-refractivity contribution in [1.29, 1.82) is 0 Å². The second-order valence-corrected chi connectivity index (χ2v) is 5.98. The minimum Gasteiger partial charge on any atom is -0.493 e. The van der Waals surface area contributed by atoms with Gasteiger partial charge in [0.25, 0.3) is 0 Å². The first-order valence-electron chi connectivity index (χ1n) is 8.28. The number of hydrogen-bond acceptors (Lipinski definition) is 4. The molecule has 2 heterocycles. The molecule has 1 aromatic heterocycles. The highest BCUT2D eigenvalue weighted by Gasteiger charge is 2.24. The summed E-state index contributed by atoms with van der Waals surface area (Å²) < 4.78 is 7.42. The third-order valence-corrected chi connectivity index (χ3v) is 4.35. The van der Waals surface area contributed by atoms with E-state index in [2.05, 4.69) is 15.5 Å². The van der Waals surface area contributed by atoms with Crippen LogP contribution in [0.5, 0.6) is 5.75 Å². The van der Waals surface area contributed by atoms with Gasteiger partial charge in [0, 0.05) is 6.42 Å². The molecule has 1 unspecified atom stereocenters. The zero-order valence-electron chi connectivity index (χ0n) is 13.6. The number of fused-ring (bicyclic) bond motifs is 1. The van der Waals surface area contributed by atoms with Gasteiger partial charge in [0.15, 0.2) is 0 Å². The number of nitrogens with zero attached hydrogens (tertiary/aromatic N) is 3. The van der Waals surface area contributed by atoms with E-state index in [-0.39, 0.29) is 11.8 Å². The fraction of sp³-hybridized carbons (Fsp3) is 0.211. The monoisotopic (exact) mass is 334 g/mol. The highest BCUT2D eigenvalue weighted by atomic mass is 16.5. The molecule has 4 rings (SSSR count). The maximum atomic E-state index is 12.5. The summed E-state index contributed by atoms with van der Waals surface area (Å²) in [6, 6.07) is 17.6. The van der Waals surface area contributed by atoms with Crippen molar-refractivity contribution in [3.05, 3.63) is 66.5 Å². The van der Waals surface area contributed by atoms with Crippen LogP contribution in [0.25, 0.3) is 5.69 Å². The van der Waals surface area contributed by atoms with Gasteiger partial charge in [0.1, 0.15) is 12.1 Å². The Hall–Kier alpha value is -3.15. The van der Waals surface area contributed by atoms with E-state index in [1.165, 1.54) is 0 Å². The minimum atomic E-state index is -0.0770. The Kier molecular flexibility index (Phi) is 4.16. The second kappa shape index (κ2) is 6.76. The predicted octanol–water partition coefficient (Wildman–Crippen LogP) is 3.16. The predicted molar refractivity (Wildman–Crippen MR) is 93.9 cm³/mol. The first-order valence-corrected chi connectivity index (χ1v) is 8.28. The molecule has 1 aliphatic rings. The lowest BCUT2D eigenvalue weighted by atomic mass is 9.90. The molecule has 0 radical (unpaired) electrons. The molecule has 25 heavy (non-hydrogen) atoms. The Bertz CT molecular complexity index is 876. The van der Waals surface area contributed by atoms with Crippen LogP contribution < -0.4 is 10.1 Å². The molecule has 1 amide bonds. The molecule has 1 atom stereocenters. The van der Waals surface area contributed by atoms with Crippen molar-refractivity contribution in [1.82, 2.24) is 14.8 Å². The summed E-state index contributed by atoms with van der Waals surface area (Å²) in [6.07, 6.45) is 2.81. The maximum Gasteiger partial charge on any atom is 0.235 e. The van der Waals surface area contributed by atoms with Crippen molar-refractivity contribution in [2.75, 3.05) is 11.9 Å². The van der Waals surface area contributed by atoms with Crippen molar-refractivity contribution in [2.45, 2.75) is 18.8 Å². The zero-order valence-corrected chi connectivity index (χ0v) is 13.6. The van der Waals surface area contributed by atoms with Crippen molar-refractivity contribution in [2.24, 2.45) is 0 Å². The molecule has 3 aromatic rings. The molecule has 0 bridgehead atoms. The summed E-state index contributed by atoms with van der Waals surface area (Å²) in [4.78, 5) is 12.5. The molecule has 0 spiro atoms. The summed E-state index contributed by atoms with van der Waals surface area (Å²) in [7, 11) is 0. The van der Waals surface area contributed by atoms with Crippen LogP contribution in [-0.4, -0.2) is 27.3 Å². The zero-order chi connectivity index (χ0) is 17.1. The van der Waals surface area contributed by atoms with E-state index in [0.29, 0.717) is 19.0 Å². The molecular formula is C19H18N4O2. The van der Waals surface area contributed by atoms with Crippen LogP contribution >= 0.6 is 0 Å². The summed E-state index contributed by atoms with van der Waals surface area (Å²) in [5.74, 6) is 1.38. The normalized spacial score (nSPS) is 15.9. The first kappa shape index (κ1) is 15.4. The molecule has 2 aromatic carbocycles. The summed E-state index contributed by atoms with van der Waals surface area (Å²) in [5, 5.41) is 10.8. The molecule has 6 heteroatoms. The fourth-order valence-corrected chi connectivity index (χ4v) is 3.13. The molecule has 6 nitrogen and oxygen atoms in total.